The van der Waals surface area contributed by atoms with Gasteiger partial charge in [-0.2, -0.15) is 0 Å². The van der Waals surface area contributed by atoms with Crippen LogP contribution in [0.4, 0.5) is 0 Å². The number of imidazole rings is 1. The Kier molecular flexibility index (Phi) is 6.39. The first kappa shape index (κ1) is 21.4. The number of benzene rings is 1. The molecule has 1 atom stereocenters. The van der Waals surface area contributed by atoms with Gasteiger partial charge in [0.05, 0.1) is 30.8 Å². The van der Waals surface area contributed by atoms with Crippen LogP contribution in [0.1, 0.15) is 41.9 Å². The van der Waals surface area contributed by atoms with Gasteiger partial charge < -0.3 is 23.7 Å². The molecule has 0 aliphatic carbocycles. The van der Waals surface area contributed by atoms with Crippen molar-refractivity contribution in [1.29, 1.82) is 0 Å². The number of rotatable bonds is 10. The summed E-state index contributed by atoms with van der Waals surface area (Å²) in [7, 11) is 0. The van der Waals surface area contributed by atoms with Crippen LogP contribution >= 0.6 is 0 Å². The van der Waals surface area contributed by atoms with Gasteiger partial charge in [0, 0.05) is 25.5 Å². The second kappa shape index (κ2) is 9.55. The molecule has 4 rings (SSSR count). The van der Waals surface area contributed by atoms with Crippen LogP contribution in [0.25, 0.3) is 0 Å². The Morgan fingerprint density at radius 2 is 2.03 bits per heavy atom. The molecular weight excluding hydrogens is 410 g/mol. The number of hydrogen-bond donors (Lipinski definition) is 1. The van der Waals surface area contributed by atoms with Crippen molar-refractivity contribution in [2.45, 2.75) is 32.4 Å². The minimum absolute atomic E-state index is 0.0230. The van der Waals surface area contributed by atoms with Gasteiger partial charge in [-0.25, -0.2) is 4.98 Å². The van der Waals surface area contributed by atoms with E-state index >= 15 is 0 Å². The topological polar surface area (TPSA) is 97.8 Å². The zero-order valence-electron chi connectivity index (χ0n) is 17.8. The average molecular weight is 435 g/mol. The molecule has 0 saturated heterocycles. The third kappa shape index (κ3) is 4.30. The number of aliphatic hydroxyl groups is 1. The number of amides is 1. The van der Waals surface area contributed by atoms with Gasteiger partial charge in [-0.05, 0) is 42.7 Å². The number of nitrogens with zero attached hydrogens (tertiary/aromatic N) is 3. The first-order chi connectivity index (χ1) is 15.6. The van der Waals surface area contributed by atoms with Crippen molar-refractivity contribution in [3.63, 3.8) is 0 Å². The van der Waals surface area contributed by atoms with Crippen molar-refractivity contribution in [3.8, 4) is 5.75 Å². The van der Waals surface area contributed by atoms with E-state index in [1.807, 2.05) is 42.0 Å². The summed E-state index contributed by atoms with van der Waals surface area (Å²) in [6.07, 6.45) is 8.16. The third-order valence-electron chi connectivity index (χ3n) is 5.34. The number of furan rings is 1. The van der Waals surface area contributed by atoms with Gasteiger partial charge in [-0.15, -0.1) is 0 Å². The van der Waals surface area contributed by atoms with Crippen LogP contribution in [-0.4, -0.2) is 44.4 Å². The minimum atomic E-state index is -0.719. The molecule has 1 N–H and O–H groups in total. The van der Waals surface area contributed by atoms with E-state index in [9.17, 15) is 14.7 Å². The Bertz CT molecular complexity index is 1090. The smallest absolute Gasteiger partial charge is 0.290 e. The molecule has 1 aliphatic rings. The zero-order valence-corrected chi connectivity index (χ0v) is 17.8. The summed E-state index contributed by atoms with van der Waals surface area (Å²) >= 11 is 0. The van der Waals surface area contributed by atoms with Crippen LogP contribution in [0.5, 0.6) is 5.75 Å². The van der Waals surface area contributed by atoms with E-state index in [0.29, 0.717) is 37.4 Å². The van der Waals surface area contributed by atoms with Gasteiger partial charge in [0.15, 0.2) is 11.5 Å². The van der Waals surface area contributed by atoms with E-state index < -0.39 is 23.5 Å². The molecule has 8 heteroatoms. The molecule has 1 amide bonds. The summed E-state index contributed by atoms with van der Waals surface area (Å²) in [6.45, 7) is 3.64. The molecule has 3 heterocycles. The van der Waals surface area contributed by atoms with E-state index in [2.05, 4.69) is 4.98 Å². The molecule has 3 aromatic rings. The molecule has 1 aliphatic heterocycles. The van der Waals surface area contributed by atoms with Crippen molar-refractivity contribution < 1.29 is 23.8 Å². The highest BCUT2D eigenvalue weighted by Gasteiger charge is 2.44. The highest BCUT2D eigenvalue weighted by molar-refractivity contribution is 6.15. The summed E-state index contributed by atoms with van der Waals surface area (Å²) < 4.78 is 12.8. The van der Waals surface area contributed by atoms with E-state index in [0.717, 1.165) is 6.42 Å². The molecule has 32 heavy (non-hydrogen) atoms. The van der Waals surface area contributed by atoms with Crippen LogP contribution in [0.3, 0.4) is 0 Å². The number of carbonyl (C=O) groups is 2. The molecule has 8 nitrogen and oxygen atoms in total. The standard InChI is InChI=1S/C24H25N3O5/c1-2-14-31-18-8-6-17(7-9-18)21-20(22(28)19-5-3-15-32-19)23(29)24(30)27(21)12-4-11-26-13-10-25-16-26/h3,5-10,13,15-16,21,29H,2,4,11-12,14H2,1H3/t21-/m0/s1. The summed E-state index contributed by atoms with van der Waals surface area (Å²) in [5, 5.41) is 10.7. The molecule has 2 aromatic heterocycles. The number of aromatic nitrogens is 2. The average Bonchev–Trinajstić information content (AvgIpc) is 3.56. The van der Waals surface area contributed by atoms with Crippen molar-refractivity contribution >= 4 is 11.7 Å². The van der Waals surface area contributed by atoms with E-state index in [-0.39, 0.29) is 11.3 Å². The maximum absolute atomic E-state index is 13.1. The fourth-order valence-electron chi connectivity index (χ4n) is 3.81. The molecule has 0 saturated carbocycles. The quantitative estimate of drug-likeness (QED) is 0.485. The van der Waals surface area contributed by atoms with Gasteiger partial charge in [0.2, 0.25) is 5.78 Å². The first-order valence-corrected chi connectivity index (χ1v) is 10.6. The van der Waals surface area contributed by atoms with Gasteiger partial charge in [0.25, 0.3) is 5.91 Å². The lowest BCUT2D eigenvalue weighted by Crippen LogP contribution is -2.32. The van der Waals surface area contributed by atoms with Crippen LogP contribution in [0, 0.1) is 0 Å². The monoisotopic (exact) mass is 435 g/mol. The Balaban J connectivity index is 1.63. The fraction of sp³-hybridized carbons (Fsp3) is 0.292. The number of aryl methyl sites for hydroxylation is 1. The van der Waals surface area contributed by atoms with Crippen molar-refractivity contribution in [1.82, 2.24) is 14.5 Å². The molecule has 0 bridgehead atoms. The van der Waals surface area contributed by atoms with Crippen molar-refractivity contribution in [2.24, 2.45) is 0 Å². The fourth-order valence-corrected chi connectivity index (χ4v) is 3.81. The number of aliphatic hydroxyl groups excluding tert-OH is 1. The van der Waals surface area contributed by atoms with Crippen molar-refractivity contribution in [2.75, 3.05) is 13.2 Å². The van der Waals surface area contributed by atoms with E-state index in [1.54, 1.807) is 18.6 Å². The second-order valence-corrected chi connectivity index (χ2v) is 7.54. The largest absolute Gasteiger partial charge is 0.503 e. The third-order valence-corrected chi connectivity index (χ3v) is 5.34. The van der Waals surface area contributed by atoms with E-state index in [1.165, 1.54) is 17.2 Å². The number of ether oxygens (including phenoxy) is 1. The van der Waals surface area contributed by atoms with Gasteiger partial charge in [0.1, 0.15) is 5.75 Å². The number of ketones is 1. The first-order valence-electron chi connectivity index (χ1n) is 10.6. The highest BCUT2D eigenvalue weighted by Crippen LogP contribution is 2.39. The highest BCUT2D eigenvalue weighted by atomic mass is 16.5. The predicted molar refractivity (Wildman–Crippen MR) is 116 cm³/mol. The Morgan fingerprint density at radius 1 is 1.22 bits per heavy atom. The lowest BCUT2D eigenvalue weighted by molar-refractivity contribution is -0.129. The summed E-state index contributed by atoms with van der Waals surface area (Å²) in [4.78, 5) is 31.7. The molecule has 0 spiro atoms. The number of carbonyl (C=O) groups excluding carboxylic acids is 2. The molecule has 166 valence electrons. The lowest BCUT2D eigenvalue weighted by atomic mass is 9.95. The van der Waals surface area contributed by atoms with Crippen LogP contribution in [0.15, 0.2) is 77.1 Å². The molecule has 1 aromatic carbocycles. The van der Waals surface area contributed by atoms with E-state index in [4.69, 9.17) is 9.15 Å². The minimum Gasteiger partial charge on any atom is -0.503 e. The SMILES string of the molecule is CCCOc1ccc([C@H]2C(C(=O)c3ccco3)=C(O)C(=O)N2CCCn2ccnc2)cc1. The van der Waals surface area contributed by atoms with Gasteiger partial charge in [-0.3, -0.25) is 9.59 Å². The Morgan fingerprint density at radius 3 is 2.69 bits per heavy atom. The molecule has 0 radical (unpaired) electrons. The van der Waals surface area contributed by atoms with Crippen molar-refractivity contribution in [3.05, 3.63) is 84.0 Å². The van der Waals surface area contributed by atoms with Gasteiger partial charge >= 0.3 is 0 Å². The second-order valence-electron chi connectivity index (χ2n) is 7.54. The van der Waals surface area contributed by atoms with Crippen LogP contribution in [0.2, 0.25) is 0 Å². The summed E-state index contributed by atoms with van der Waals surface area (Å²) in [6, 6.07) is 9.66. The van der Waals surface area contributed by atoms with Gasteiger partial charge in [-0.1, -0.05) is 19.1 Å². The summed E-state index contributed by atoms with van der Waals surface area (Å²) in [5.74, 6) is -0.826. The van der Waals surface area contributed by atoms with Crippen LogP contribution < -0.4 is 4.74 Å². The normalized spacial score (nSPS) is 16.1. The predicted octanol–water partition coefficient (Wildman–Crippen LogP) is 3.93. The number of Topliss-reactive ketones (excluding diaryl/α,β-unsaturated/α-hetero) is 1. The maximum Gasteiger partial charge on any atom is 0.290 e. The molecule has 0 unspecified atom stereocenters. The Labute approximate surface area is 185 Å². The molecular formula is C24H25N3O5. The number of hydrogen-bond acceptors (Lipinski definition) is 6. The Hall–Kier alpha value is -3.81. The summed E-state index contributed by atoms with van der Waals surface area (Å²) in [5.41, 5.74) is 0.735. The zero-order chi connectivity index (χ0) is 22.5. The lowest BCUT2D eigenvalue weighted by Gasteiger charge is -2.27. The molecule has 0 fully saturated rings. The van der Waals surface area contributed by atoms with Crippen LogP contribution in [-0.2, 0) is 11.3 Å². The maximum atomic E-state index is 13.1.